The number of esters is 3. The van der Waals surface area contributed by atoms with E-state index in [4.69, 9.17) is 23.7 Å². The third kappa shape index (κ3) is 6.96. The lowest BCUT2D eigenvalue weighted by Crippen LogP contribution is -2.44. The van der Waals surface area contributed by atoms with Crippen LogP contribution in [-0.4, -0.2) is 62.4 Å². The summed E-state index contributed by atoms with van der Waals surface area (Å²) in [6, 6.07) is 0. The summed E-state index contributed by atoms with van der Waals surface area (Å²) >= 11 is 0. The average Bonchev–Trinajstić information content (AvgIpc) is 3.20. The van der Waals surface area contributed by atoms with Crippen LogP contribution in [0.2, 0.25) is 0 Å². The van der Waals surface area contributed by atoms with Crippen LogP contribution in [0.15, 0.2) is 11.6 Å². The second kappa shape index (κ2) is 12.9. The van der Waals surface area contributed by atoms with Gasteiger partial charge in [-0.05, 0) is 39.2 Å². The Morgan fingerprint density at radius 2 is 1.83 bits per heavy atom. The Morgan fingerprint density at radius 3 is 2.46 bits per heavy atom. The van der Waals surface area contributed by atoms with E-state index in [1.54, 1.807) is 0 Å². The van der Waals surface area contributed by atoms with E-state index in [9.17, 15) is 14.4 Å². The van der Waals surface area contributed by atoms with Crippen LogP contribution in [0, 0.1) is 6.92 Å². The van der Waals surface area contributed by atoms with Crippen LogP contribution in [0.25, 0.3) is 0 Å². The number of carbonyl (C=O) groups excluding carboxylic acids is 3. The predicted octanol–water partition coefficient (Wildman–Crippen LogP) is 3.51. The molecule has 2 aliphatic rings. The molecule has 1 atom stereocenters. The van der Waals surface area contributed by atoms with Gasteiger partial charge in [0, 0.05) is 37.6 Å². The number of fused-ring (bicyclic) bond motifs is 1. The number of morpholine rings is 1. The number of hydrogen-bond acceptors (Lipinski definition) is 9. The lowest BCUT2D eigenvalue weighted by molar-refractivity contribution is -0.161. The summed E-state index contributed by atoms with van der Waals surface area (Å²) in [6.45, 7) is 9.81. The van der Waals surface area contributed by atoms with Crippen molar-refractivity contribution in [3.8, 4) is 11.5 Å². The van der Waals surface area contributed by atoms with E-state index in [0.717, 1.165) is 24.2 Å². The molecule has 3 rings (SSSR count). The number of nitrogens with zero attached hydrogens (tertiary/aromatic N) is 1. The van der Waals surface area contributed by atoms with E-state index in [-0.39, 0.29) is 48.9 Å². The minimum atomic E-state index is -0.535. The molecule has 0 aliphatic carbocycles. The summed E-state index contributed by atoms with van der Waals surface area (Å²) in [4.78, 5) is 38.5. The number of carbonyl (C=O) groups is 3. The maximum atomic E-state index is 12.4. The molecule has 2 heterocycles. The summed E-state index contributed by atoms with van der Waals surface area (Å²) in [5.74, 6) is -0.588. The summed E-state index contributed by atoms with van der Waals surface area (Å²) in [6.07, 6.45) is 2.78. The van der Waals surface area contributed by atoms with E-state index in [2.05, 4.69) is 4.90 Å². The molecule has 10 heteroatoms. The number of hydrogen-bond donors (Lipinski definition) is 0. The topological polar surface area (TPSA) is 101 Å². The van der Waals surface area contributed by atoms with Gasteiger partial charge in [-0.1, -0.05) is 11.6 Å². The van der Waals surface area contributed by atoms with Gasteiger partial charge >= 0.3 is 17.9 Å². The highest BCUT2D eigenvalue weighted by Crippen LogP contribution is 2.43. The molecule has 0 amide bonds. The molecule has 2 aliphatic heterocycles. The molecular weight excluding hydrogens is 478 g/mol. The van der Waals surface area contributed by atoms with Gasteiger partial charge in [-0.3, -0.25) is 14.5 Å². The largest absolute Gasteiger partial charge is 0.496 e. The quantitative estimate of drug-likeness (QED) is 0.280. The van der Waals surface area contributed by atoms with Crippen LogP contribution >= 0.6 is 12.4 Å². The minimum Gasteiger partial charge on any atom is -0.496 e. The van der Waals surface area contributed by atoms with Crippen molar-refractivity contribution in [2.45, 2.75) is 59.8 Å². The number of allylic oxidation sites excluding steroid dienone is 2. The molecule has 0 N–H and O–H groups in total. The third-order valence-corrected chi connectivity index (χ3v) is 6.11. The molecule has 1 aromatic rings. The van der Waals surface area contributed by atoms with Crippen molar-refractivity contribution >= 4 is 30.3 Å². The van der Waals surface area contributed by atoms with Gasteiger partial charge in [0.25, 0.3) is 0 Å². The SMILES string of the molecule is COc1c(C)c2c(c(OC(C)=O)c1C/C=C(\C)CCC(=O)OC(C)N1CCOCC1)C(=O)OC2.Cl. The molecule has 0 radical (unpaired) electrons. The van der Waals surface area contributed by atoms with Crippen molar-refractivity contribution in [1.29, 1.82) is 0 Å². The number of cyclic esters (lactones) is 1. The highest BCUT2D eigenvalue weighted by atomic mass is 35.5. The fourth-order valence-electron chi connectivity index (χ4n) is 4.21. The maximum absolute atomic E-state index is 12.4. The zero-order chi connectivity index (χ0) is 24.8. The molecule has 0 saturated carbocycles. The minimum absolute atomic E-state index is 0. The van der Waals surface area contributed by atoms with E-state index < -0.39 is 11.9 Å². The molecule has 194 valence electrons. The van der Waals surface area contributed by atoms with Crippen LogP contribution in [0.5, 0.6) is 11.5 Å². The second-order valence-electron chi connectivity index (χ2n) is 8.48. The number of methoxy groups -OCH3 is 1. The fourth-order valence-corrected chi connectivity index (χ4v) is 4.21. The number of benzene rings is 1. The normalized spacial score (nSPS) is 16.6. The Hall–Kier alpha value is -2.62. The van der Waals surface area contributed by atoms with Crippen molar-refractivity contribution in [3.05, 3.63) is 33.9 Å². The summed E-state index contributed by atoms with van der Waals surface area (Å²) < 4.78 is 27.1. The molecule has 35 heavy (non-hydrogen) atoms. The van der Waals surface area contributed by atoms with E-state index in [1.165, 1.54) is 14.0 Å². The van der Waals surface area contributed by atoms with Crippen molar-refractivity contribution in [3.63, 3.8) is 0 Å². The molecule has 1 saturated heterocycles. The number of ether oxygens (including phenoxy) is 5. The van der Waals surface area contributed by atoms with Gasteiger partial charge in [0.05, 0.1) is 20.3 Å². The second-order valence-corrected chi connectivity index (χ2v) is 8.48. The molecule has 0 bridgehead atoms. The van der Waals surface area contributed by atoms with Crippen molar-refractivity contribution in [1.82, 2.24) is 4.90 Å². The number of halogens is 1. The molecule has 1 unspecified atom stereocenters. The van der Waals surface area contributed by atoms with Crippen LogP contribution in [0.1, 0.15) is 60.7 Å². The van der Waals surface area contributed by atoms with Gasteiger partial charge in [-0.15, -0.1) is 12.4 Å². The first-order chi connectivity index (χ1) is 16.2. The van der Waals surface area contributed by atoms with Gasteiger partial charge in [0.1, 0.15) is 17.9 Å². The summed E-state index contributed by atoms with van der Waals surface area (Å²) in [7, 11) is 1.54. The Balaban J connectivity index is 0.00000432. The standard InChI is InChI=1S/C25H33NO8.ClH/c1-15(7-9-21(28)33-17(3)26-10-12-31-13-11-26)6-8-19-23(30-5)16(2)20-14-32-25(29)22(20)24(19)34-18(4)27;/h6,17H,7-14H2,1-5H3;1H/b15-6+;. The zero-order valence-electron chi connectivity index (χ0n) is 20.9. The van der Waals surface area contributed by atoms with Gasteiger partial charge in [0.2, 0.25) is 0 Å². The lowest BCUT2D eigenvalue weighted by Gasteiger charge is -2.31. The Labute approximate surface area is 212 Å². The molecule has 1 fully saturated rings. The van der Waals surface area contributed by atoms with Crippen molar-refractivity contribution in [2.24, 2.45) is 0 Å². The van der Waals surface area contributed by atoms with E-state index in [0.29, 0.717) is 42.9 Å². The first kappa shape index (κ1) is 28.6. The zero-order valence-corrected chi connectivity index (χ0v) is 21.7. The van der Waals surface area contributed by atoms with Crippen LogP contribution in [0.3, 0.4) is 0 Å². The summed E-state index contributed by atoms with van der Waals surface area (Å²) in [5.41, 5.74) is 3.28. The Bertz CT molecular complexity index is 984. The van der Waals surface area contributed by atoms with Gasteiger partial charge in [-0.25, -0.2) is 4.79 Å². The molecule has 0 spiro atoms. The van der Waals surface area contributed by atoms with E-state index >= 15 is 0 Å². The third-order valence-electron chi connectivity index (χ3n) is 6.11. The first-order valence-electron chi connectivity index (χ1n) is 11.5. The van der Waals surface area contributed by atoms with E-state index in [1.807, 2.05) is 26.8 Å². The van der Waals surface area contributed by atoms with Crippen LogP contribution < -0.4 is 9.47 Å². The molecule has 0 aromatic heterocycles. The fraction of sp³-hybridized carbons (Fsp3) is 0.560. The summed E-state index contributed by atoms with van der Waals surface area (Å²) in [5, 5.41) is 0. The molecule has 1 aromatic carbocycles. The maximum Gasteiger partial charge on any atom is 0.342 e. The monoisotopic (exact) mass is 511 g/mol. The first-order valence-corrected chi connectivity index (χ1v) is 11.5. The Kier molecular flexibility index (Phi) is 10.5. The molecule has 9 nitrogen and oxygen atoms in total. The highest BCUT2D eigenvalue weighted by molar-refractivity contribution is 5.99. The van der Waals surface area contributed by atoms with Crippen LogP contribution in [-0.2, 0) is 36.8 Å². The van der Waals surface area contributed by atoms with Crippen molar-refractivity contribution < 1.29 is 38.1 Å². The van der Waals surface area contributed by atoms with Crippen molar-refractivity contribution in [2.75, 3.05) is 33.4 Å². The number of rotatable bonds is 9. The van der Waals surface area contributed by atoms with Gasteiger partial charge < -0.3 is 23.7 Å². The van der Waals surface area contributed by atoms with Gasteiger partial charge in [0.15, 0.2) is 12.0 Å². The molecular formula is C25H34ClNO8. The van der Waals surface area contributed by atoms with Gasteiger partial charge in [-0.2, -0.15) is 0 Å². The Morgan fingerprint density at radius 1 is 1.14 bits per heavy atom. The predicted molar refractivity (Wildman–Crippen MR) is 130 cm³/mol. The highest BCUT2D eigenvalue weighted by Gasteiger charge is 2.33. The smallest absolute Gasteiger partial charge is 0.342 e. The lowest BCUT2D eigenvalue weighted by atomic mass is 9.94. The average molecular weight is 512 g/mol. The van der Waals surface area contributed by atoms with Crippen LogP contribution in [0.4, 0.5) is 0 Å².